The Morgan fingerprint density at radius 1 is 1.50 bits per heavy atom. The highest BCUT2D eigenvalue weighted by molar-refractivity contribution is 9.10. The van der Waals surface area contributed by atoms with Crippen LogP contribution < -0.4 is 5.32 Å². The van der Waals surface area contributed by atoms with E-state index in [0.29, 0.717) is 12.6 Å². The van der Waals surface area contributed by atoms with Crippen molar-refractivity contribution < 1.29 is 4.74 Å². The molecule has 3 rings (SSSR count). The van der Waals surface area contributed by atoms with E-state index >= 15 is 0 Å². The fourth-order valence-corrected chi connectivity index (χ4v) is 3.29. The molecule has 0 bridgehead atoms. The van der Waals surface area contributed by atoms with Crippen molar-refractivity contribution in [1.29, 1.82) is 0 Å². The van der Waals surface area contributed by atoms with Gasteiger partial charge in [0, 0.05) is 17.8 Å². The molecule has 20 heavy (non-hydrogen) atoms. The molecule has 106 valence electrons. The summed E-state index contributed by atoms with van der Waals surface area (Å²) in [5.41, 5.74) is 3.89. The second-order valence-corrected chi connectivity index (χ2v) is 5.88. The minimum Gasteiger partial charge on any atom is -0.383 e. The summed E-state index contributed by atoms with van der Waals surface area (Å²) in [6, 6.07) is 6.80. The zero-order valence-electron chi connectivity index (χ0n) is 11.5. The molecule has 1 heterocycles. The van der Waals surface area contributed by atoms with Crippen molar-refractivity contribution in [2.75, 3.05) is 19.0 Å². The highest BCUT2D eigenvalue weighted by Gasteiger charge is 2.23. The Labute approximate surface area is 127 Å². The van der Waals surface area contributed by atoms with Crippen molar-refractivity contribution in [2.24, 2.45) is 0 Å². The number of hydrogen-bond donors (Lipinski definition) is 1. The van der Waals surface area contributed by atoms with Gasteiger partial charge in [0.05, 0.1) is 31.1 Å². The van der Waals surface area contributed by atoms with E-state index in [1.165, 1.54) is 15.6 Å². The van der Waals surface area contributed by atoms with Gasteiger partial charge in [-0.1, -0.05) is 28.1 Å². The molecule has 0 saturated heterocycles. The third-order valence-corrected chi connectivity index (χ3v) is 4.46. The normalized spacial score (nSPS) is 17.2. The van der Waals surface area contributed by atoms with E-state index in [2.05, 4.69) is 44.5 Å². The van der Waals surface area contributed by atoms with Gasteiger partial charge in [-0.15, -0.1) is 0 Å². The van der Waals surface area contributed by atoms with E-state index in [4.69, 9.17) is 4.74 Å². The van der Waals surface area contributed by atoms with Gasteiger partial charge in [0.15, 0.2) is 0 Å². The van der Waals surface area contributed by atoms with Crippen LogP contribution in [0, 0.1) is 0 Å². The Kier molecular flexibility index (Phi) is 4.08. The van der Waals surface area contributed by atoms with Crippen molar-refractivity contribution in [1.82, 2.24) is 9.78 Å². The predicted molar refractivity (Wildman–Crippen MR) is 82.9 cm³/mol. The fraction of sp³-hybridized carbons (Fsp3) is 0.400. The number of rotatable bonds is 5. The Bertz CT molecular complexity index is 597. The zero-order chi connectivity index (χ0) is 13.9. The lowest BCUT2D eigenvalue weighted by molar-refractivity contribution is 0.183. The van der Waals surface area contributed by atoms with Gasteiger partial charge in [-0.2, -0.15) is 5.10 Å². The maximum atomic E-state index is 5.06. The SMILES string of the molecule is COCCn1cc(NC2CCc3c(Br)cccc32)cn1. The summed E-state index contributed by atoms with van der Waals surface area (Å²) in [4.78, 5) is 0. The fourth-order valence-electron chi connectivity index (χ4n) is 2.71. The number of nitrogens with one attached hydrogen (secondary N) is 1. The lowest BCUT2D eigenvalue weighted by Crippen LogP contribution is -2.07. The average Bonchev–Trinajstić information content (AvgIpc) is 3.06. The molecule has 1 aliphatic rings. The van der Waals surface area contributed by atoms with Gasteiger partial charge in [0.1, 0.15) is 0 Å². The van der Waals surface area contributed by atoms with Gasteiger partial charge in [0.25, 0.3) is 0 Å². The highest BCUT2D eigenvalue weighted by atomic mass is 79.9. The Morgan fingerprint density at radius 3 is 3.25 bits per heavy atom. The highest BCUT2D eigenvalue weighted by Crippen LogP contribution is 2.37. The number of ether oxygens (including phenoxy) is 1. The van der Waals surface area contributed by atoms with E-state index < -0.39 is 0 Å². The van der Waals surface area contributed by atoms with Gasteiger partial charge in [-0.25, -0.2) is 0 Å². The van der Waals surface area contributed by atoms with Crippen LogP contribution in [0.1, 0.15) is 23.6 Å². The van der Waals surface area contributed by atoms with Crippen LogP contribution in [0.3, 0.4) is 0 Å². The van der Waals surface area contributed by atoms with Crippen LogP contribution in [-0.4, -0.2) is 23.5 Å². The predicted octanol–water partition coefficient (Wildman–Crippen LogP) is 3.39. The minimum atomic E-state index is 0.377. The molecule has 1 aromatic heterocycles. The average molecular weight is 336 g/mol. The Hall–Kier alpha value is -1.33. The molecule has 0 saturated carbocycles. The van der Waals surface area contributed by atoms with E-state index in [9.17, 15) is 0 Å². The zero-order valence-corrected chi connectivity index (χ0v) is 13.1. The summed E-state index contributed by atoms with van der Waals surface area (Å²) >= 11 is 3.63. The Morgan fingerprint density at radius 2 is 2.40 bits per heavy atom. The minimum absolute atomic E-state index is 0.377. The molecule has 5 heteroatoms. The molecule has 0 fully saturated rings. The van der Waals surface area contributed by atoms with Gasteiger partial charge >= 0.3 is 0 Å². The van der Waals surface area contributed by atoms with Crippen molar-refractivity contribution in [3.8, 4) is 0 Å². The van der Waals surface area contributed by atoms with Crippen molar-refractivity contribution in [3.63, 3.8) is 0 Å². The molecule has 1 N–H and O–H groups in total. The maximum Gasteiger partial charge on any atom is 0.0731 e. The Balaban J connectivity index is 1.71. The van der Waals surface area contributed by atoms with Gasteiger partial charge < -0.3 is 10.1 Å². The molecule has 0 amide bonds. The van der Waals surface area contributed by atoms with Crippen LogP contribution in [0.2, 0.25) is 0 Å². The number of benzene rings is 1. The first-order chi connectivity index (χ1) is 9.78. The van der Waals surface area contributed by atoms with E-state index in [1.54, 1.807) is 7.11 Å². The monoisotopic (exact) mass is 335 g/mol. The molecule has 2 aromatic rings. The summed E-state index contributed by atoms with van der Waals surface area (Å²) in [7, 11) is 1.70. The summed E-state index contributed by atoms with van der Waals surface area (Å²) in [5, 5.41) is 7.91. The van der Waals surface area contributed by atoms with Gasteiger partial charge in [-0.05, 0) is 30.0 Å². The molecule has 4 nitrogen and oxygen atoms in total. The topological polar surface area (TPSA) is 39.1 Å². The molecular formula is C15H18BrN3O. The lowest BCUT2D eigenvalue weighted by Gasteiger charge is -2.14. The van der Waals surface area contributed by atoms with Crippen molar-refractivity contribution in [3.05, 3.63) is 46.2 Å². The second kappa shape index (κ2) is 5.97. The summed E-state index contributed by atoms with van der Waals surface area (Å²) in [5.74, 6) is 0. The van der Waals surface area contributed by atoms with Crippen LogP contribution in [0.25, 0.3) is 0 Å². The second-order valence-electron chi connectivity index (χ2n) is 5.03. The van der Waals surface area contributed by atoms with Crippen molar-refractivity contribution in [2.45, 2.75) is 25.4 Å². The van der Waals surface area contributed by atoms with Crippen LogP contribution in [0.5, 0.6) is 0 Å². The van der Waals surface area contributed by atoms with E-state index in [1.807, 2.05) is 17.1 Å². The van der Waals surface area contributed by atoms with Crippen LogP contribution in [0.4, 0.5) is 5.69 Å². The van der Waals surface area contributed by atoms with Crippen LogP contribution >= 0.6 is 15.9 Å². The summed E-state index contributed by atoms with van der Waals surface area (Å²) in [6.45, 7) is 1.46. The maximum absolute atomic E-state index is 5.06. The molecule has 1 atom stereocenters. The molecule has 0 spiro atoms. The number of hydrogen-bond acceptors (Lipinski definition) is 3. The molecule has 1 aromatic carbocycles. The molecule has 0 radical (unpaired) electrons. The van der Waals surface area contributed by atoms with E-state index in [-0.39, 0.29) is 0 Å². The van der Waals surface area contributed by atoms with Gasteiger partial charge in [0.2, 0.25) is 0 Å². The van der Waals surface area contributed by atoms with Crippen LogP contribution in [0.15, 0.2) is 35.1 Å². The smallest absolute Gasteiger partial charge is 0.0731 e. The summed E-state index contributed by atoms with van der Waals surface area (Å²) in [6.07, 6.45) is 6.16. The first-order valence-electron chi connectivity index (χ1n) is 6.83. The van der Waals surface area contributed by atoms with Crippen molar-refractivity contribution >= 4 is 21.6 Å². The van der Waals surface area contributed by atoms with Gasteiger partial charge in [-0.3, -0.25) is 4.68 Å². The quantitative estimate of drug-likeness (QED) is 0.910. The number of halogens is 1. The number of fused-ring (bicyclic) bond motifs is 1. The molecule has 1 unspecified atom stereocenters. The number of nitrogens with zero attached hydrogens (tertiary/aromatic N) is 2. The number of anilines is 1. The molecular weight excluding hydrogens is 318 g/mol. The molecule has 0 aliphatic heterocycles. The third-order valence-electron chi connectivity index (χ3n) is 3.71. The van der Waals surface area contributed by atoms with Crippen LogP contribution in [-0.2, 0) is 17.7 Å². The number of aromatic nitrogens is 2. The third kappa shape index (κ3) is 2.74. The first kappa shape index (κ1) is 13.6. The first-order valence-corrected chi connectivity index (χ1v) is 7.62. The lowest BCUT2D eigenvalue weighted by atomic mass is 10.1. The largest absolute Gasteiger partial charge is 0.383 e. The van der Waals surface area contributed by atoms with E-state index in [0.717, 1.165) is 25.1 Å². The molecule has 1 aliphatic carbocycles. The summed E-state index contributed by atoms with van der Waals surface area (Å²) < 4.78 is 8.18. The number of methoxy groups -OCH3 is 1. The standard InChI is InChI=1S/C15H18BrN3O/c1-20-8-7-19-10-11(9-17-19)18-15-6-5-12-13(15)3-2-4-14(12)16/h2-4,9-10,15,18H,5-8H2,1H3.